The quantitative estimate of drug-likeness (QED) is 0.736. The van der Waals surface area contributed by atoms with E-state index in [1.807, 2.05) is 0 Å². The van der Waals surface area contributed by atoms with Crippen LogP contribution in [-0.4, -0.2) is 21.6 Å². The lowest BCUT2D eigenvalue weighted by Crippen LogP contribution is -2.40. The second-order valence-corrected chi connectivity index (χ2v) is 3.38. The number of alkyl halides is 2. The van der Waals surface area contributed by atoms with Gasteiger partial charge in [0.15, 0.2) is 0 Å². The van der Waals surface area contributed by atoms with Gasteiger partial charge in [0.05, 0.1) is 0 Å². The molecule has 0 bridgehead atoms. The lowest BCUT2D eigenvalue weighted by molar-refractivity contribution is -0.134. The SMILES string of the molecule is O=C([C@H](F)Br)[C@@]1(O)C=CC=CC1. The Morgan fingerprint density at radius 2 is 2.33 bits per heavy atom. The number of aliphatic hydroxyl groups is 1. The maximum Gasteiger partial charge on any atom is 0.216 e. The van der Waals surface area contributed by atoms with Crippen LogP contribution in [0.5, 0.6) is 0 Å². The largest absolute Gasteiger partial charge is 0.377 e. The fourth-order valence-corrected chi connectivity index (χ4v) is 1.38. The topological polar surface area (TPSA) is 37.3 Å². The summed E-state index contributed by atoms with van der Waals surface area (Å²) in [5.41, 5.74) is -1.67. The van der Waals surface area contributed by atoms with Crippen LogP contribution in [0.4, 0.5) is 4.39 Å². The van der Waals surface area contributed by atoms with Gasteiger partial charge in [-0.05, 0) is 22.0 Å². The van der Waals surface area contributed by atoms with Crippen molar-refractivity contribution >= 4 is 21.7 Å². The van der Waals surface area contributed by atoms with Gasteiger partial charge in [0.25, 0.3) is 0 Å². The molecule has 1 aliphatic carbocycles. The van der Waals surface area contributed by atoms with Gasteiger partial charge in [-0.15, -0.1) is 0 Å². The van der Waals surface area contributed by atoms with E-state index in [4.69, 9.17) is 0 Å². The molecular weight excluding hydrogens is 227 g/mol. The molecule has 2 nitrogen and oxygen atoms in total. The van der Waals surface area contributed by atoms with E-state index in [0.29, 0.717) is 0 Å². The number of carbonyl (C=O) groups excluding carboxylic acids is 1. The van der Waals surface area contributed by atoms with E-state index in [1.165, 1.54) is 12.2 Å². The number of allylic oxidation sites excluding steroid dienone is 2. The van der Waals surface area contributed by atoms with E-state index in [0.717, 1.165) is 0 Å². The second kappa shape index (κ2) is 3.49. The molecule has 1 aliphatic rings. The van der Waals surface area contributed by atoms with Crippen LogP contribution in [0, 0.1) is 0 Å². The zero-order chi connectivity index (χ0) is 9.19. The van der Waals surface area contributed by atoms with Gasteiger partial charge in [-0.25, -0.2) is 4.39 Å². The lowest BCUT2D eigenvalue weighted by atomic mass is 9.91. The highest BCUT2D eigenvalue weighted by molar-refractivity contribution is 9.09. The van der Waals surface area contributed by atoms with Gasteiger partial charge in [-0.2, -0.15) is 0 Å². The molecule has 2 atom stereocenters. The first-order valence-corrected chi connectivity index (χ1v) is 4.37. The van der Waals surface area contributed by atoms with Crippen LogP contribution in [0.3, 0.4) is 0 Å². The average Bonchev–Trinajstić information content (AvgIpc) is 2.04. The highest BCUT2D eigenvalue weighted by Crippen LogP contribution is 2.23. The molecule has 4 heteroatoms. The Morgan fingerprint density at radius 1 is 1.67 bits per heavy atom. The molecular formula is C8H8BrFO2. The number of halogens is 2. The van der Waals surface area contributed by atoms with Gasteiger partial charge < -0.3 is 5.11 Å². The molecule has 0 amide bonds. The summed E-state index contributed by atoms with van der Waals surface area (Å²) < 4.78 is 12.5. The minimum atomic E-state index is -1.81. The molecule has 66 valence electrons. The molecule has 12 heavy (non-hydrogen) atoms. The van der Waals surface area contributed by atoms with Gasteiger partial charge in [-0.3, -0.25) is 4.79 Å². The zero-order valence-electron chi connectivity index (χ0n) is 6.21. The van der Waals surface area contributed by atoms with Crippen LogP contribution in [0.1, 0.15) is 6.42 Å². The molecule has 0 aliphatic heterocycles. The van der Waals surface area contributed by atoms with Crippen molar-refractivity contribution in [2.75, 3.05) is 0 Å². The van der Waals surface area contributed by atoms with E-state index in [9.17, 15) is 14.3 Å². The third-order valence-electron chi connectivity index (χ3n) is 1.67. The predicted molar refractivity (Wildman–Crippen MR) is 46.7 cm³/mol. The molecule has 0 radical (unpaired) electrons. The molecule has 0 fully saturated rings. The summed E-state index contributed by atoms with van der Waals surface area (Å²) in [6.45, 7) is 0. The number of ketones is 1. The van der Waals surface area contributed by atoms with Crippen molar-refractivity contribution in [3.05, 3.63) is 24.3 Å². The summed E-state index contributed by atoms with van der Waals surface area (Å²) in [5, 5.41) is 7.75. The Balaban J connectivity index is 2.79. The minimum absolute atomic E-state index is 0.133. The Kier molecular flexibility index (Phi) is 2.80. The molecule has 0 saturated carbocycles. The number of rotatable bonds is 2. The first kappa shape index (κ1) is 9.61. The maximum atomic E-state index is 12.5. The molecule has 1 N–H and O–H groups in total. The number of Topliss-reactive ketones (excluding diaryl/α,β-unsaturated/α-hetero) is 1. The summed E-state index contributed by atoms with van der Waals surface area (Å²) in [5.74, 6) is -0.858. The fraction of sp³-hybridized carbons (Fsp3) is 0.375. The van der Waals surface area contributed by atoms with Crippen LogP contribution in [0.15, 0.2) is 24.3 Å². The molecule has 0 aromatic carbocycles. The Hall–Kier alpha value is -0.480. The summed E-state index contributed by atoms with van der Waals surface area (Å²) in [6.07, 6.45) is 6.27. The van der Waals surface area contributed by atoms with Crippen molar-refractivity contribution in [3.8, 4) is 0 Å². The average molecular weight is 235 g/mol. The van der Waals surface area contributed by atoms with Gasteiger partial charge in [0, 0.05) is 6.42 Å². The van der Waals surface area contributed by atoms with E-state index in [2.05, 4.69) is 15.9 Å². The molecule has 0 saturated heterocycles. The Labute approximate surface area is 77.9 Å². The smallest absolute Gasteiger partial charge is 0.216 e. The number of hydrogen-bond acceptors (Lipinski definition) is 2. The van der Waals surface area contributed by atoms with Crippen LogP contribution >= 0.6 is 15.9 Å². The second-order valence-electron chi connectivity index (χ2n) is 2.58. The summed E-state index contributed by atoms with van der Waals surface area (Å²) >= 11 is 2.48. The van der Waals surface area contributed by atoms with Crippen molar-refractivity contribution in [1.29, 1.82) is 0 Å². The minimum Gasteiger partial charge on any atom is -0.377 e. The van der Waals surface area contributed by atoms with Gasteiger partial charge in [0.2, 0.25) is 10.9 Å². The first-order chi connectivity index (χ1) is 5.56. The van der Waals surface area contributed by atoms with Gasteiger partial charge in [0.1, 0.15) is 5.60 Å². The summed E-state index contributed by atoms with van der Waals surface area (Å²) in [4.78, 5) is 11.1. The Morgan fingerprint density at radius 3 is 2.75 bits per heavy atom. The summed E-state index contributed by atoms with van der Waals surface area (Å²) in [6, 6.07) is 0. The van der Waals surface area contributed by atoms with E-state index < -0.39 is 16.5 Å². The normalized spacial score (nSPS) is 30.2. The third-order valence-corrected chi connectivity index (χ3v) is 2.09. The zero-order valence-corrected chi connectivity index (χ0v) is 7.79. The van der Waals surface area contributed by atoms with Crippen LogP contribution in [0.2, 0.25) is 0 Å². The number of hydrogen-bond donors (Lipinski definition) is 1. The molecule has 1 rings (SSSR count). The van der Waals surface area contributed by atoms with E-state index >= 15 is 0 Å². The highest BCUT2D eigenvalue weighted by atomic mass is 79.9. The maximum absolute atomic E-state index is 12.5. The van der Waals surface area contributed by atoms with Crippen LogP contribution in [0.25, 0.3) is 0 Å². The van der Waals surface area contributed by atoms with Crippen molar-refractivity contribution < 1.29 is 14.3 Å². The van der Waals surface area contributed by atoms with E-state index in [-0.39, 0.29) is 6.42 Å². The van der Waals surface area contributed by atoms with Crippen LogP contribution in [-0.2, 0) is 4.79 Å². The fourth-order valence-electron chi connectivity index (χ4n) is 0.981. The molecule has 0 aromatic heterocycles. The van der Waals surface area contributed by atoms with Crippen molar-refractivity contribution in [2.45, 2.75) is 17.1 Å². The van der Waals surface area contributed by atoms with Crippen molar-refractivity contribution in [1.82, 2.24) is 0 Å². The predicted octanol–water partition coefficient (Wildman–Crippen LogP) is 1.49. The van der Waals surface area contributed by atoms with Crippen molar-refractivity contribution in [2.24, 2.45) is 0 Å². The van der Waals surface area contributed by atoms with Gasteiger partial charge >= 0.3 is 0 Å². The molecule has 0 unspecified atom stereocenters. The first-order valence-electron chi connectivity index (χ1n) is 3.45. The van der Waals surface area contributed by atoms with Gasteiger partial charge in [-0.1, -0.05) is 18.2 Å². The number of carbonyl (C=O) groups is 1. The summed E-state index contributed by atoms with van der Waals surface area (Å²) in [7, 11) is 0. The van der Waals surface area contributed by atoms with Crippen LogP contribution < -0.4 is 0 Å². The third kappa shape index (κ3) is 1.81. The van der Waals surface area contributed by atoms with Crippen molar-refractivity contribution in [3.63, 3.8) is 0 Å². The monoisotopic (exact) mass is 234 g/mol. The standard InChI is InChI=1S/C8H8BrFO2/c9-7(10)6(11)8(12)4-2-1-3-5-8/h1-4,7,12H,5H2/t7-,8+/m0/s1. The Bertz CT molecular complexity index is 247. The lowest BCUT2D eigenvalue weighted by Gasteiger charge is -2.23. The van der Waals surface area contributed by atoms with E-state index in [1.54, 1.807) is 12.2 Å². The molecule has 0 heterocycles. The molecule has 0 aromatic rings. The highest BCUT2D eigenvalue weighted by Gasteiger charge is 2.36. The molecule has 0 spiro atoms.